The van der Waals surface area contributed by atoms with Gasteiger partial charge in [0.2, 0.25) is 0 Å². The summed E-state index contributed by atoms with van der Waals surface area (Å²) in [5.41, 5.74) is 2.26. The molecule has 0 bridgehead atoms. The van der Waals surface area contributed by atoms with Crippen molar-refractivity contribution < 1.29 is 9.05 Å². The van der Waals surface area contributed by atoms with Crippen LogP contribution in [0.2, 0.25) is 0 Å². The van der Waals surface area contributed by atoms with Gasteiger partial charge in [-0.15, -0.1) is 0 Å². The zero-order valence-electron chi connectivity index (χ0n) is 10.1. The third-order valence-corrected chi connectivity index (χ3v) is 6.23. The number of nitrogens with zero attached hydrogens (tertiary/aromatic N) is 2. The molecule has 0 atom stereocenters. The Morgan fingerprint density at radius 3 is 1.75 bits per heavy atom. The summed E-state index contributed by atoms with van der Waals surface area (Å²) in [5, 5.41) is 7.14. The molecule has 0 fully saturated rings. The first kappa shape index (κ1) is 9.82. The van der Waals surface area contributed by atoms with Crippen molar-refractivity contribution in [3.05, 3.63) is 36.7 Å². The van der Waals surface area contributed by atoms with Crippen LogP contribution >= 0.6 is 16.4 Å². The van der Waals surface area contributed by atoms with E-state index in [2.05, 4.69) is 12.1 Å². The van der Waals surface area contributed by atoms with Crippen molar-refractivity contribution in [3.63, 3.8) is 0 Å². The number of hydrogen-bond donors (Lipinski definition) is 0. The van der Waals surface area contributed by atoms with Gasteiger partial charge >= 0.3 is 0 Å². The third-order valence-electron chi connectivity index (χ3n) is 3.86. The summed E-state index contributed by atoms with van der Waals surface area (Å²) in [7, 11) is 2.26. The zero-order valence-corrected chi connectivity index (χ0v) is 11.9. The lowest BCUT2D eigenvalue weighted by Crippen LogP contribution is -1.79. The maximum Gasteiger partial charge on any atom is 0.191 e. The molecule has 0 unspecified atom stereocenters. The molecule has 6 aromatic rings. The van der Waals surface area contributed by atoms with Gasteiger partial charge in [0, 0.05) is 22.6 Å². The standard InChI is InChI=1S/C14H6N2O2P2/c1-3-7-11-9-10-12(20-13(9)17-15(7)5-1)8-4-2-6-16(8)18-14(10)19-11/h1-6H. The van der Waals surface area contributed by atoms with Gasteiger partial charge < -0.3 is 9.05 Å². The molecule has 6 heterocycles. The number of aromatic nitrogens is 2. The predicted octanol–water partition coefficient (Wildman–Crippen LogP) is 5.44. The number of fused-ring (bicyclic) bond motifs is 4. The number of hydrogen-bond acceptors (Lipinski definition) is 2. The summed E-state index contributed by atoms with van der Waals surface area (Å²) in [6, 6.07) is 8.23. The molecule has 0 saturated carbocycles. The predicted molar refractivity (Wildman–Crippen MR) is 81.6 cm³/mol. The first-order chi connectivity index (χ1) is 9.90. The fourth-order valence-electron chi connectivity index (χ4n) is 3.03. The number of rotatable bonds is 0. The Morgan fingerprint density at radius 2 is 1.25 bits per heavy atom. The Bertz CT molecular complexity index is 1150. The van der Waals surface area contributed by atoms with E-state index in [9.17, 15) is 0 Å². The van der Waals surface area contributed by atoms with Crippen LogP contribution in [-0.4, -0.2) is 9.15 Å². The van der Waals surface area contributed by atoms with Crippen LogP contribution in [-0.2, 0) is 0 Å². The van der Waals surface area contributed by atoms with Crippen molar-refractivity contribution in [3.8, 4) is 0 Å². The molecule has 0 saturated heterocycles. The van der Waals surface area contributed by atoms with Gasteiger partial charge in [-0.3, -0.25) is 0 Å². The van der Waals surface area contributed by atoms with E-state index in [0.29, 0.717) is 0 Å². The van der Waals surface area contributed by atoms with Crippen LogP contribution in [0.15, 0.2) is 45.7 Å². The van der Waals surface area contributed by atoms with Crippen LogP contribution in [0.1, 0.15) is 0 Å². The molecule has 6 rings (SSSR count). The van der Waals surface area contributed by atoms with E-state index in [1.165, 1.54) is 21.0 Å². The quantitative estimate of drug-likeness (QED) is 0.374. The van der Waals surface area contributed by atoms with Gasteiger partial charge in [-0.05, 0) is 40.7 Å². The van der Waals surface area contributed by atoms with E-state index < -0.39 is 0 Å². The topological polar surface area (TPSA) is 35.1 Å². The molecule has 0 spiro atoms. The van der Waals surface area contributed by atoms with Gasteiger partial charge in [0.25, 0.3) is 0 Å². The smallest absolute Gasteiger partial charge is 0.191 e. The Balaban J connectivity index is 2.11. The average molecular weight is 296 g/mol. The van der Waals surface area contributed by atoms with Crippen molar-refractivity contribution in [2.45, 2.75) is 0 Å². The van der Waals surface area contributed by atoms with Gasteiger partial charge in [0.05, 0.1) is 21.8 Å². The zero-order chi connectivity index (χ0) is 12.8. The molecule has 0 radical (unpaired) electrons. The molecule has 0 aliphatic rings. The van der Waals surface area contributed by atoms with Gasteiger partial charge in [-0.25, -0.2) is 0 Å². The summed E-state index contributed by atoms with van der Waals surface area (Å²) in [5.74, 6) is 0. The van der Waals surface area contributed by atoms with Crippen LogP contribution in [0.25, 0.3) is 42.7 Å². The summed E-state index contributed by atoms with van der Waals surface area (Å²) in [6.45, 7) is 0. The molecule has 0 amide bonds. The van der Waals surface area contributed by atoms with Gasteiger partial charge in [-0.2, -0.15) is 9.15 Å². The Labute approximate surface area is 114 Å². The highest BCUT2D eigenvalue weighted by Gasteiger charge is 2.22. The van der Waals surface area contributed by atoms with Crippen LogP contribution < -0.4 is 0 Å². The molecule has 0 aliphatic carbocycles. The molecule has 0 N–H and O–H groups in total. The molecule has 0 aliphatic heterocycles. The molecule has 0 aromatic carbocycles. The Kier molecular flexibility index (Phi) is 1.48. The normalized spacial score (nSPS) is 13.8. The molecule has 6 heteroatoms. The maximum atomic E-state index is 6.02. The van der Waals surface area contributed by atoms with Crippen molar-refractivity contribution in [1.82, 2.24) is 9.15 Å². The molecule has 20 heavy (non-hydrogen) atoms. The van der Waals surface area contributed by atoms with Crippen LogP contribution in [0.4, 0.5) is 0 Å². The van der Waals surface area contributed by atoms with Crippen molar-refractivity contribution >= 4 is 59.1 Å². The minimum absolute atomic E-state index is 1.02. The highest BCUT2D eigenvalue weighted by atomic mass is 31.0. The second kappa shape index (κ2) is 3.01. The summed E-state index contributed by atoms with van der Waals surface area (Å²) in [4.78, 5) is 0. The summed E-state index contributed by atoms with van der Waals surface area (Å²) >= 11 is 0. The van der Waals surface area contributed by atoms with Gasteiger partial charge in [0.15, 0.2) is 10.6 Å². The largest absolute Gasteiger partial charge is 0.370 e. The Morgan fingerprint density at radius 1 is 0.750 bits per heavy atom. The summed E-state index contributed by atoms with van der Waals surface area (Å²) in [6.07, 6.45) is 3.92. The molecular formula is C14H6N2O2P2. The molecule has 4 nitrogen and oxygen atoms in total. The minimum atomic E-state index is 1.02. The van der Waals surface area contributed by atoms with Crippen LogP contribution in [0.3, 0.4) is 0 Å². The summed E-state index contributed by atoms with van der Waals surface area (Å²) < 4.78 is 15.7. The van der Waals surface area contributed by atoms with Crippen molar-refractivity contribution in [2.24, 2.45) is 0 Å². The van der Waals surface area contributed by atoms with E-state index in [1.54, 1.807) is 0 Å². The highest BCUT2D eigenvalue weighted by molar-refractivity contribution is 7.48. The average Bonchev–Trinajstić information content (AvgIpc) is 3.19. The fourth-order valence-corrected chi connectivity index (χ4v) is 5.76. The van der Waals surface area contributed by atoms with E-state index >= 15 is 0 Å². The minimum Gasteiger partial charge on any atom is -0.370 e. The second-order valence-corrected chi connectivity index (χ2v) is 7.06. The second-order valence-electron chi connectivity index (χ2n) is 4.90. The lowest BCUT2D eigenvalue weighted by Gasteiger charge is -1.96. The van der Waals surface area contributed by atoms with Crippen molar-refractivity contribution in [1.29, 1.82) is 0 Å². The molecular weight excluding hydrogens is 290 g/mol. The maximum absolute atomic E-state index is 6.02. The van der Waals surface area contributed by atoms with E-state index in [1.807, 2.05) is 33.7 Å². The van der Waals surface area contributed by atoms with Gasteiger partial charge in [0.1, 0.15) is 0 Å². The van der Waals surface area contributed by atoms with Crippen LogP contribution in [0.5, 0.6) is 0 Å². The van der Waals surface area contributed by atoms with Gasteiger partial charge in [-0.1, -0.05) is 0 Å². The Hall–Kier alpha value is -2.02. The van der Waals surface area contributed by atoms with Crippen LogP contribution in [0, 0.1) is 0 Å². The first-order valence-electron chi connectivity index (χ1n) is 6.29. The third kappa shape index (κ3) is 0.933. The fraction of sp³-hybridized carbons (Fsp3) is 0. The molecule has 94 valence electrons. The lowest BCUT2D eigenvalue weighted by atomic mass is 10.2. The van der Waals surface area contributed by atoms with E-state index in [-0.39, 0.29) is 0 Å². The first-order valence-corrected chi connectivity index (χ1v) is 8.08. The van der Waals surface area contributed by atoms with E-state index in [4.69, 9.17) is 9.05 Å². The SMILES string of the molecule is c1cc2c3pc4on5cccc5c5pc(on2c1)c3c45. The van der Waals surface area contributed by atoms with Crippen molar-refractivity contribution in [2.75, 3.05) is 0 Å². The van der Waals surface area contributed by atoms with E-state index in [0.717, 1.165) is 38.0 Å². The molecule has 6 aromatic heterocycles. The highest BCUT2D eigenvalue weighted by Crippen LogP contribution is 2.52. The monoisotopic (exact) mass is 296 g/mol. The lowest BCUT2D eigenvalue weighted by molar-refractivity contribution is 0.407.